The Morgan fingerprint density at radius 1 is 1.04 bits per heavy atom. The Balaban J connectivity index is 1.64. The molecule has 1 aromatic heterocycles. The number of amides is 1. The van der Waals surface area contributed by atoms with Crippen LogP contribution >= 0.6 is 0 Å². The number of esters is 1. The van der Waals surface area contributed by atoms with E-state index in [1.165, 1.54) is 0 Å². The zero-order valence-electron chi connectivity index (χ0n) is 15.5. The quantitative estimate of drug-likeness (QED) is 0.702. The van der Waals surface area contributed by atoms with Crippen LogP contribution in [-0.2, 0) is 9.53 Å². The summed E-state index contributed by atoms with van der Waals surface area (Å²) in [5, 5.41) is 6.97. The standard InChI is InChI=1S/C21H21N3O3/c1-14-6-4-7-15(2)19(14)23-20(25)16(3)27-21(26)17-8-10-18(11-9-17)24-13-5-12-22-24/h4-13,16H,1-3H3,(H,23,25)/t16-/m0/s1. The molecule has 1 amide bonds. The topological polar surface area (TPSA) is 73.2 Å². The van der Waals surface area contributed by atoms with E-state index in [2.05, 4.69) is 10.4 Å². The summed E-state index contributed by atoms with van der Waals surface area (Å²) >= 11 is 0. The van der Waals surface area contributed by atoms with Crippen LogP contribution in [0.4, 0.5) is 5.69 Å². The van der Waals surface area contributed by atoms with E-state index in [1.807, 2.05) is 44.3 Å². The first-order valence-electron chi connectivity index (χ1n) is 8.64. The molecule has 138 valence electrons. The van der Waals surface area contributed by atoms with Gasteiger partial charge in [-0.3, -0.25) is 4.79 Å². The van der Waals surface area contributed by atoms with Gasteiger partial charge in [0.1, 0.15) is 0 Å². The maximum absolute atomic E-state index is 12.4. The van der Waals surface area contributed by atoms with E-state index in [9.17, 15) is 9.59 Å². The van der Waals surface area contributed by atoms with Gasteiger partial charge in [-0.25, -0.2) is 9.48 Å². The minimum atomic E-state index is -0.915. The van der Waals surface area contributed by atoms with Crippen LogP contribution in [0.3, 0.4) is 0 Å². The number of anilines is 1. The predicted molar refractivity (Wildman–Crippen MR) is 103 cm³/mol. The van der Waals surface area contributed by atoms with E-state index in [0.717, 1.165) is 22.5 Å². The van der Waals surface area contributed by atoms with Crippen molar-refractivity contribution in [2.75, 3.05) is 5.32 Å². The summed E-state index contributed by atoms with van der Waals surface area (Å²) in [4.78, 5) is 24.7. The van der Waals surface area contributed by atoms with Crippen LogP contribution in [0.1, 0.15) is 28.4 Å². The summed E-state index contributed by atoms with van der Waals surface area (Å²) in [7, 11) is 0. The highest BCUT2D eigenvalue weighted by Gasteiger charge is 2.20. The van der Waals surface area contributed by atoms with Crippen molar-refractivity contribution >= 4 is 17.6 Å². The Kier molecular flexibility index (Phi) is 5.35. The van der Waals surface area contributed by atoms with Crippen LogP contribution in [0.5, 0.6) is 0 Å². The fraction of sp³-hybridized carbons (Fsp3) is 0.190. The first-order valence-corrected chi connectivity index (χ1v) is 8.64. The zero-order chi connectivity index (χ0) is 19.4. The number of aromatic nitrogens is 2. The van der Waals surface area contributed by atoms with Gasteiger partial charge in [0.25, 0.3) is 5.91 Å². The molecule has 6 nitrogen and oxygen atoms in total. The zero-order valence-corrected chi connectivity index (χ0v) is 15.5. The van der Waals surface area contributed by atoms with Crippen molar-refractivity contribution in [3.8, 4) is 5.69 Å². The van der Waals surface area contributed by atoms with Crippen molar-refractivity contribution in [3.05, 3.63) is 77.6 Å². The second-order valence-corrected chi connectivity index (χ2v) is 6.30. The lowest BCUT2D eigenvalue weighted by Crippen LogP contribution is -2.30. The first-order chi connectivity index (χ1) is 13.0. The molecule has 0 spiro atoms. The van der Waals surface area contributed by atoms with Gasteiger partial charge in [-0.15, -0.1) is 0 Å². The third-order valence-corrected chi connectivity index (χ3v) is 4.25. The molecular formula is C21H21N3O3. The molecule has 0 saturated carbocycles. The first kappa shape index (κ1) is 18.4. The van der Waals surface area contributed by atoms with Crippen molar-refractivity contribution in [2.45, 2.75) is 26.9 Å². The molecule has 3 aromatic rings. The molecule has 0 aliphatic carbocycles. The van der Waals surface area contributed by atoms with Gasteiger partial charge < -0.3 is 10.1 Å². The van der Waals surface area contributed by atoms with Crippen LogP contribution in [0.25, 0.3) is 5.69 Å². The largest absolute Gasteiger partial charge is 0.449 e. The maximum Gasteiger partial charge on any atom is 0.338 e. The molecule has 0 fully saturated rings. The maximum atomic E-state index is 12.4. The number of nitrogens with zero attached hydrogens (tertiary/aromatic N) is 2. The van der Waals surface area contributed by atoms with E-state index >= 15 is 0 Å². The summed E-state index contributed by atoms with van der Waals surface area (Å²) in [5.41, 5.74) is 3.86. The molecule has 0 saturated heterocycles. The van der Waals surface area contributed by atoms with Gasteiger partial charge in [-0.1, -0.05) is 18.2 Å². The molecule has 6 heteroatoms. The highest BCUT2D eigenvalue weighted by Crippen LogP contribution is 2.20. The normalized spacial score (nSPS) is 11.7. The predicted octanol–water partition coefficient (Wildman–Crippen LogP) is 3.67. The van der Waals surface area contributed by atoms with E-state index in [4.69, 9.17) is 4.74 Å². The van der Waals surface area contributed by atoms with E-state index in [-0.39, 0.29) is 5.91 Å². The number of nitrogens with one attached hydrogen (secondary N) is 1. The van der Waals surface area contributed by atoms with Crippen LogP contribution in [0, 0.1) is 13.8 Å². The number of ether oxygens (including phenoxy) is 1. The van der Waals surface area contributed by atoms with Gasteiger partial charge in [0.05, 0.1) is 11.3 Å². The Bertz CT molecular complexity index is 927. The van der Waals surface area contributed by atoms with E-state index in [1.54, 1.807) is 42.1 Å². The van der Waals surface area contributed by atoms with Gasteiger partial charge in [0, 0.05) is 18.1 Å². The van der Waals surface area contributed by atoms with Crippen molar-refractivity contribution in [1.82, 2.24) is 9.78 Å². The number of hydrogen-bond acceptors (Lipinski definition) is 4. The van der Waals surface area contributed by atoms with Gasteiger partial charge in [0.2, 0.25) is 0 Å². The minimum Gasteiger partial charge on any atom is -0.449 e. The lowest BCUT2D eigenvalue weighted by Gasteiger charge is -2.16. The Hall–Kier alpha value is -3.41. The minimum absolute atomic E-state index is 0.367. The average Bonchev–Trinajstić information content (AvgIpc) is 3.19. The Morgan fingerprint density at radius 3 is 2.30 bits per heavy atom. The molecule has 27 heavy (non-hydrogen) atoms. The van der Waals surface area contributed by atoms with Crippen molar-refractivity contribution < 1.29 is 14.3 Å². The van der Waals surface area contributed by atoms with Gasteiger partial charge >= 0.3 is 5.97 Å². The van der Waals surface area contributed by atoms with Gasteiger partial charge in [-0.05, 0) is 62.2 Å². The Morgan fingerprint density at radius 2 is 1.70 bits per heavy atom. The second kappa shape index (κ2) is 7.86. The van der Waals surface area contributed by atoms with E-state index in [0.29, 0.717) is 5.56 Å². The molecule has 1 N–H and O–H groups in total. The molecular weight excluding hydrogens is 342 g/mol. The Labute approximate surface area is 157 Å². The lowest BCUT2D eigenvalue weighted by molar-refractivity contribution is -0.123. The molecule has 0 aliphatic heterocycles. The number of carbonyl (C=O) groups is 2. The average molecular weight is 363 g/mol. The highest BCUT2D eigenvalue weighted by atomic mass is 16.5. The summed E-state index contributed by atoms with van der Waals surface area (Å²) < 4.78 is 7.00. The number of aryl methyl sites for hydroxylation is 2. The summed E-state index contributed by atoms with van der Waals surface area (Å²) in [6.07, 6.45) is 2.58. The molecule has 1 atom stereocenters. The monoisotopic (exact) mass is 363 g/mol. The molecule has 0 unspecified atom stereocenters. The number of rotatable bonds is 5. The number of hydrogen-bond donors (Lipinski definition) is 1. The molecule has 0 aliphatic rings. The van der Waals surface area contributed by atoms with Crippen molar-refractivity contribution in [2.24, 2.45) is 0 Å². The van der Waals surface area contributed by atoms with Crippen LogP contribution < -0.4 is 5.32 Å². The molecule has 1 heterocycles. The molecule has 3 rings (SSSR count). The third-order valence-electron chi connectivity index (χ3n) is 4.25. The smallest absolute Gasteiger partial charge is 0.338 e. The van der Waals surface area contributed by atoms with Crippen LogP contribution in [0.2, 0.25) is 0 Å². The van der Waals surface area contributed by atoms with Gasteiger partial charge in [0.15, 0.2) is 6.10 Å². The number of carbonyl (C=O) groups excluding carboxylic acids is 2. The van der Waals surface area contributed by atoms with Crippen molar-refractivity contribution in [3.63, 3.8) is 0 Å². The van der Waals surface area contributed by atoms with Crippen LogP contribution in [0.15, 0.2) is 60.9 Å². The fourth-order valence-corrected chi connectivity index (χ4v) is 2.69. The number of para-hydroxylation sites is 1. The fourth-order valence-electron chi connectivity index (χ4n) is 2.69. The summed E-state index contributed by atoms with van der Waals surface area (Å²) in [5.74, 6) is -0.917. The molecule has 0 bridgehead atoms. The summed E-state index contributed by atoms with van der Waals surface area (Å²) in [6.45, 7) is 5.39. The van der Waals surface area contributed by atoms with Gasteiger partial charge in [-0.2, -0.15) is 5.10 Å². The second-order valence-electron chi connectivity index (χ2n) is 6.30. The summed E-state index contributed by atoms with van der Waals surface area (Å²) in [6, 6.07) is 14.4. The van der Waals surface area contributed by atoms with E-state index < -0.39 is 12.1 Å². The molecule has 2 aromatic carbocycles. The van der Waals surface area contributed by atoms with Crippen molar-refractivity contribution in [1.29, 1.82) is 0 Å². The number of benzene rings is 2. The van der Waals surface area contributed by atoms with Crippen LogP contribution in [-0.4, -0.2) is 27.8 Å². The SMILES string of the molecule is Cc1cccc(C)c1NC(=O)[C@H](C)OC(=O)c1ccc(-n2cccn2)cc1. The third kappa shape index (κ3) is 4.23. The molecule has 0 radical (unpaired) electrons. The lowest BCUT2D eigenvalue weighted by atomic mass is 10.1. The highest BCUT2D eigenvalue weighted by molar-refractivity contribution is 5.98.